The molecule has 31 heavy (non-hydrogen) atoms. The third kappa shape index (κ3) is 3.88. The summed E-state index contributed by atoms with van der Waals surface area (Å²) >= 11 is 7.76. The number of aromatic nitrogens is 1. The van der Waals surface area contributed by atoms with E-state index in [2.05, 4.69) is 0 Å². The summed E-state index contributed by atoms with van der Waals surface area (Å²) in [6.07, 6.45) is 1.62. The summed E-state index contributed by atoms with van der Waals surface area (Å²) in [5.74, 6) is -2.19. The Morgan fingerprint density at radius 3 is 2.48 bits per heavy atom. The molecule has 0 unspecified atom stereocenters. The van der Waals surface area contributed by atoms with Gasteiger partial charge in [0.2, 0.25) is 5.43 Å². The lowest BCUT2D eigenvalue weighted by atomic mass is 10.0. The van der Waals surface area contributed by atoms with Gasteiger partial charge in [0.1, 0.15) is 11.4 Å². The molecule has 3 aromatic rings. The number of rotatable bonds is 6. The van der Waals surface area contributed by atoms with Gasteiger partial charge in [-0.25, -0.2) is 9.18 Å². The van der Waals surface area contributed by atoms with Crippen LogP contribution in [0.15, 0.2) is 51.1 Å². The molecule has 1 saturated carbocycles. The van der Waals surface area contributed by atoms with Crippen molar-refractivity contribution in [1.82, 2.24) is 4.57 Å². The first kappa shape index (κ1) is 21.6. The van der Waals surface area contributed by atoms with Crippen LogP contribution < -0.4 is 5.43 Å². The molecular weight excluding hydrogens is 441 g/mol. The molecule has 1 aromatic heterocycles. The molecule has 5 nitrogen and oxygen atoms in total. The highest BCUT2D eigenvalue weighted by Gasteiger charge is 2.34. The minimum absolute atomic E-state index is 0.0229. The van der Waals surface area contributed by atoms with E-state index in [1.54, 1.807) is 11.5 Å². The van der Waals surface area contributed by atoms with E-state index in [4.69, 9.17) is 16.3 Å². The zero-order valence-electron chi connectivity index (χ0n) is 16.9. The monoisotopic (exact) mass is 459 g/mol. The van der Waals surface area contributed by atoms with Gasteiger partial charge < -0.3 is 9.30 Å². The van der Waals surface area contributed by atoms with Gasteiger partial charge in [0.05, 0.1) is 33.1 Å². The van der Waals surface area contributed by atoms with Crippen molar-refractivity contribution >= 4 is 46.0 Å². The molecule has 1 fully saturated rings. The summed E-state index contributed by atoms with van der Waals surface area (Å²) in [4.78, 5) is 39.1. The summed E-state index contributed by atoms with van der Waals surface area (Å²) in [5, 5.41) is 0.226. The molecule has 1 aliphatic carbocycles. The third-order valence-electron chi connectivity index (χ3n) is 5.04. The number of benzene rings is 2. The molecule has 8 heteroatoms. The fourth-order valence-corrected chi connectivity index (χ4v) is 5.11. The fourth-order valence-electron chi connectivity index (χ4n) is 3.56. The van der Waals surface area contributed by atoms with Gasteiger partial charge in [0.25, 0.3) is 0 Å². The number of ketones is 1. The minimum atomic E-state index is -0.886. The van der Waals surface area contributed by atoms with Crippen molar-refractivity contribution in [2.45, 2.75) is 42.7 Å². The first-order chi connectivity index (χ1) is 14.8. The van der Waals surface area contributed by atoms with Gasteiger partial charge in [0, 0.05) is 10.9 Å². The topological polar surface area (TPSA) is 65.4 Å². The van der Waals surface area contributed by atoms with Crippen LogP contribution in [0.4, 0.5) is 4.39 Å². The van der Waals surface area contributed by atoms with Crippen LogP contribution in [0.1, 0.15) is 53.4 Å². The van der Waals surface area contributed by atoms with Gasteiger partial charge in [0.15, 0.2) is 5.78 Å². The van der Waals surface area contributed by atoms with Gasteiger partial charge in [-0.15, -0.1) is 0 Å². The number of fused-ring (bicyclic) bond motifs is 1. The van der Waals surface area contributed by atoms with E-state index in [9.17, 15) is 18.8 Å². The van der Waals surface area contributed by atoms with Crippen molar-refractivity contribution in [2.75, 3.05) is 6.61 Å². The number of hydrogen-bond donors (Lipinski definition) is 0. The second-order valence-electron chi connectivity index (χ2n) is 7.25. The van der Waals surface area contributed by atoms with Crippen molar-refractivity contribution in [3.63, 3.8) is 0 Å². The Balaban J connectivity index is 2.14. The van der Waals surface area contributed by atoms with Crippen LogP contribution in [0.3, 0.4) is 0 Å². The molecule has 0 spiro atoms. The molecule has 0 saturated heterocycles. The van der Waals surface area contributed by atoms with E-state index in [0.29, 0.717) is 5.03 Å². The highest BCUT2D eigenvalue weighted by Crippen LogP contribution is 2.45. The summed E-state index contributed by atoms with van der Waals surface area (Å²) in [6, 6.07) is 10.3. The van der Waals surface area contributed by atoms with Crippen LogP contribution in [-0.2, 0) is 4.74 Å². The third-order valence-corrected chi connectivity index (χ3v) is 6.51. The Kier molecular flexibility index (Phi) is 5.90. The smallest absolute Gasteiger partial charge is 0.344 e. The van der Waals surface area contributed by atoms with Gasteiger partial charge in [-0.1, -0.05) is 41.6 Å². The lowest BCUT2D eigenvalue weighted by molar-refractivity contribution is 0.0519. The second kappa shape index (κ2) is 8.48. The van der Waals surface area contributed by atoms with Crippen molar-refractivity contribution in [2.24, 2.45) is 0 Å². The average molecular weight is 460 g/mol. The largest absolute Gasteiger partial charge is 0.462 e. The maximum absolute atomic E-state index is 14.7. The lowest BCUT2D eigenvalue weighted by Crippen LogP contribution is -2.24. The van der Waals surface area contributed by atoms with Crippen molar-refractivity contribution in [1.29, 1.82) is 0 Å². The molecule has 2 aromatic carbocycles. The molecule has 0 N–H and O–H groups in total. The molecule has 0 bridgehead atoms. The Hall–Kier alpha value is -2.64. The molecule has 0 radical (unpaired) electrons. The van der Waals surface area contributed by atoms with Gasteiger partial charge in [-0.3, -0.25) is 9.59 Å². The van der Waals surface area contributed by atoms with Crippen LogP contribution in [-0.4, -0.2) is 22.9 Å². The molecule has 1 heterocycles. The first-order valence-electron chi connectivity index (χ1n) is 9.86. The molecule has 1 aliphatic rings. The van der Waals surface area contributed by atoms with Gasteiger partial charge in [-0.2, -0.15) is 0 Å². The zero-order valence-corrected chi connectivity index (χ0v) is 18.5. The highest BCUT2D eigenvalue weighted by molar-refractivity contribution is 7.99. The Labute approximate surface area is 187 Å². The average Bonchev–Trinajstić information content (AvgIpc) is 3.55. The van der Waals surface area contributed by atoms with Crippen LogP contribution >= 0.6 is 23.4 Å². The summed E-state index contributed by atoms with van der Waals surface area (Å²) in [6.45, 7) is 2.97. The van der Waals surface area contributed by atoms with Crippen LogP contribution in [0.2, 0.25) is 5.02 Å². The Morgan fingerprint density at radius 1 is 1.23 bits per heavy atom. The van der Waals surface area contributed by atoms with Crippen molar-refractivity contribution in [3.05, 3.63) is 68.6 Å². The molecule has 160 valence electrons. The number of carbonyl (C=O) groups is 2. The van der Waals surface area contributed by atoms with E-state index < -0.39 is 23.0 Å². The Bertz CT molecular complexity index is 1270. The number of ether oxygens (including phenoxy) is 1. The quantitative estimate of drug-likeness (QED) is 0.351. The number of halogens is 2. The van der Waals surface area contributed by atoms with E-state index in [1.807, 2.05) is 30.3 Å². The number of pyridine rings is 1. The molecule has 0 amide bonds. The van der Waals surface area contributed by atoms with Crippen molar-refractivity contribution < 1.29 is 18.7 Å². The molecule has 0 atom stereocenters. The normalized spacial score (nSPS) is 13.4. The summed E-state index contributed by atoms with van der Waals surface area (Å²) in [5.41, 5.74) is -0.810. The number of hydrogen-bond acceptors (Lipinski definition) is 5. The van der Waals surface area contributed by atoms with E-state index in [-0.39, 0.29) is 39.7 Å². The first-order valence-corrected chi connectivity index (χ1v) is 11.1. The van der Waals surface area contributed by atoms with Crippen molar-refractivity contribution in [3.8, 4) is 0 Å². The van der Waals surface area contributed by atoms with E-state index >= 15 is 0 Å². The van der Waals surface area contributed by atoms with Gasteiger partial charge >= 0.3 is 5.97 Å². The molecule has 4 rings (SSSR count). The molecule has 0 aliphatic heterocycles. The highest BCUT2D eigenvalue weighted by atomic mass is 35.5. The van der Waals surface area contributed by atoms with E-state index in [0.717, 1.165) is 23.8 Å². The zero-order chi connectivity index (χ0) is 22.3. The minimum Gasteiger partial charge on any atom is -0.462 e. The SMILES string of the molecule is CCOC(=O)c1c(Sc2ccccc2)n(C2CC2)c2c(Cl)c(C(C)=O)c(F)cc2c1=O. The summed E-state index contributed by atoms with van der Waals surface area (Å²) < 4.78 is 21.7. The fraction of sp³-hybridized carbons (Fsp3) is 0.261. The number of Topliss-reactive ketones (excluding diaryl/α,β-unsaturated/α-hetero) is 1. The number of carbonyl (C=O) groups excluding carboxylic acids is 2. The predicted octanol–water partition coefficient (Wildman–Crippen LogP) is 5.66. The van der Waals surface area contributed by atoms with Crippen LogP contribution in [0, 0.1) is 5.82 Å². The van der Waals surface area contributed by atoms with E-state index in [1.165, 1.54) is 18.7 Å². The van der Waals surface area contributed by atoms with Crippen LogP contribution in [0.5, 0.6) is 0 Å². The lowest BCUT2D eigenvalue weighted by Gasteiger charge is -2.21. The predicted molar refractivity (Wildman–Crippen MR) is 118 cm³/mol. The molecular formula is C23H19ClFNO4S. The van der Waals surface area contributed by atoms with Crippen LogP contribution in [0.25, 0.3) is 10.9 Å². The second-order valence-corrected chi connectivity index (χ2v) is 8.69. The number of esters is 1. The maximum atomic E-state index is 14.7. The summed E-state index contributed by atoms with van der Waals surface area (Å²) in [7, 11) is 0. The number of nitrogens with zero attached hydrogens (tertiary/aromatic N) is 1. The maximum Gasteiger partial charge on any atom is 0.344 e. The standard InChI is InChI=1S/C23H19ClFNO4S/c1-3-30-23(29)18-21(28)15-11-16(25)17(12(2)27)19(24)20(15)26(13-9-10-13)22(18)31-14-7-5-4-6-8-14/h4-8,11,13H,3,9-10H2,1-2H3. The Morgan fingerprint density at radius 2 is 1.90 bits per heavy atom. The van der Waals surface area contributed by atoms with Gasteiger partial charge in [-0.05, 0) is 44.9 Å².